The topological polar surface area (TPSA) is 54.3 Å². The van der Waals surface area contributed by atoms with Crippen LogP contribution in [-0.4, -0.2) is 51.8 Å². The molecule has 1 aliphatic rings. The third kappa shape index (κ3) is 3.54. The van der Waals surface area contributed by atoms with Crippen molar-refractivity contribution in [3.63, 3.8) is 0 Å². The third-order valence-corrected chi connectivity index (χ3v) is 7.28. The van der Waals surface area contributed by atoms with Gasteiger partial charge in [0.1, 0.15) is 0 Å². The van der Waals surface area contributed by atoms with Crippen molar-refractivity contribution in [2.24, 2.45) is 0 Å². The SMILES string of the molecule is Cc1nn(-c2ccccc2)c2nc(N3CCN(C(=O)Cc4cccs4)CC3)sc12. The van der Waals surface area contributed by atoms with E-state index in [2.05, 4.69) is 10.00 Å². The van der Waals surface area contributed by atoms with E-state index in [0.29, 0.717) is 6.42 Å². The van der Waals surface area contributed by atoms with Crippen molar-refractivity contribution in [3.8, 4) is 5.69 Å². The summed E-state index contributed by atoms with van der Waals surface area (Å²) in [6.07, 6.45) is 0.505. The molecule has 0 bridgehead atoms. The van der Waals surface area contributed by atoms with Crippen molar-refractivity contribution in [3.05, 3.63) is 58.4 Å². The predicted octanol–water partition coefficient (Wildman–Crippen LogP) is 3.74. The first-order valence-electron chi connectivity index (χ1n) is 9.66. The van der Waals surface area contributed by atoms with Crippen molar-refractivity contribution in [1.82, 2.24) is 19.7 Å². The van der Waals surface area contributed by atoms with Crippen LogP contribution in [0.1, 0.15) is 10.6 Å². The number of nitrogens with zero attached hydrogens (tertiary/aromatic N) is 5. The Bertz CT molecular complexity index is 1120. The summed E-state index contributed by atoms with van der Waals surface area (Å²) < 4.78 is 3.05. The van der Waals surface area contributed by atoms with E-state index >= 15 is 0 Å². The number of hydrogen-bond donors (Lipinski definition) is 0. The highest BCUT2D eigenvalue weighted by molar-refractivity contribution is 7.22. The molecule has 6 nitrogen and oxygen atoms in total. The summed E-state index contributed by atoms with van der Waals surface area (Å²) in [4.78, 5) is 22.8. The quantitative estimate of drug-likeness (QED) is 0.502. The molecule has 29 heavy (non-hydrogen) atoms. The average Bonchev–Trinajstić information content (AvgIpc) is 3.48. The van der Waals surface area contributed by atoms with Crippen LogP contribution >= 0.6 is 22.7 Å². The minimum absolute atomic E-state index is 0.215. The average molecular weight is 424 g/mol. The molecule has 0 atom stereocenters. The number of aryl methyl sites for hydroxylation is 1. The molecule has 0 N–H and O–H groups in total. The van der Waals surface area contributed by atoms with Crippen LogP contribution in [0.5, 0.6) is 0 Å². The van der Waals surface area contributed by atoms with E-state index in [0.717, 1.165) is 57.9 Å². The van der Waals surface area contributed by atoms with Gasteiger partial charge in [-0.3, -0.25) is 4.79 Å². The van der Waals surface area contributed by atoms with E-state index in [4.69, 9.17) is 4.98 Å². The summed E-state index contributed by atoms with van der Waals surface area (Å²) in [5.41, 5.74) is 2.92. The molecule has 3 aromatic heterocycles. The third-order valence-electron chi connectivity index (χ3n) is 5.19. The summed E-state index contributed by atoms with van der Waals surface area (Å²) in [7, 11) is 0. The van der Waals surface area contributed by atoms with Gasteiger partial charge in [0.05, 0.1) is 22.5 Å². The highest BCUT2D eigenvalue weighted by Gasteiger charge is 2.25. The van der Waals surface area contributed by atoms with Crippen LogP contribution in [0.15, 0.2) is 47.8 Å². The lowest BCUT2D eigenvalue weighted by molar-refractivity contribution is -0.130. The second-order valence-corrected chi connectivity index (χ2v) is 9.12. The molecule has 1 amide bonds. The van der Waals surface area contributed by atoms with Gasteiger partial charge in [-0.25, -0.2) is 4.68 Å². The maximum atomic E-state index is 12.5. The Morgan fingerprint density at radius 2 is 1.86 bits per heavy atom. The molecule has 1 aromatic carbocycles. The van der Waals surface area contributed by atoms with Crippen LogP contribution in [0.3, 0.4) is 0 Å². The molecule has 4 aromatic rings. The molecule has 8 heteroatoms. The zero-order valence-electron chi connectivity index (χ0n) is 16.1. The van der Waals surface area contributed by atoms with E-state index in [9.17, 15) is 4.79 Å². The smallest absolute Gasteiger partial charge is 0.227 e. The number of carbonyl (C=O) groups excluding carboxylic acids is 1. The number of hydrogen-bond acceptors (Lipinski definition) is 6. The van der Waals surface area contributed by atoms with Gasteiger partial charge in [-0.05, 0) is 30.5 Å². The zero-order chi connectivity index (χ0) is 19.8. The normalized spacial score (nSPS) is 14.7. The Balaban J connectivity index is 1.32. The Morgan fingerprint density at radius 3 is 2.59 bits per heavy atom. The molecule has 0 aliphatic carbocycles. The number of thiophene rings is 1. The number of thiazole rings is 1. The van der Waals surface area contributed by atoms with E-state index in [1.54, 1.807) is 22.7 Å². The number of fused-ring (bicyclic) bond motifs is 1. The lowest BCUT2D eigenvalue weighted by Crippen LogP contribution is -2.49. The molecular formula is C21H21N5OS2. The number of para-hydroxylation sites is 1. The summed E-state index contributed by atoms with van der Waals surface area (Å²) >= 11 is 3.33. The molecule has 0 saturated carbocycles. The molecule has 148 valence electrons. The Hall–Kier alpha value is -2.71. The van der Waals surface area contributed by atoms with Gasteiger partial charge in [0, 0.05) is 31.1 Å². The summed E-state index contributed by atoms with van der Waals surface area (Å²) in [5.74, 6) is 0.215. The number of amides is 1. The molecule has 1 saturated heterocycles. The fourth-order valence-corrected chi connectivity index (χ4v) is 5.36. The largest absolute Gasteiger partial charge is 0.344 e. The number of piperazine rings is 1. The molecular weight excluding hydrogens is 402 g/mol. The number of benzene rings is 1. The number of anilines is 1. The van der Waals surface area contributed by atoms with E-state index in [-0.39, 0.29) is 5.91 Å². The minimum Gasteiger partial charge on any atom is -0.344 e. The fourth-order valence-electron chi connectivity index (χ4n) is 3.63. The lowest BCUT2D eigenvalue weighted by Gasteiger charge is -2.34. The Morgan fingerprint density at radius 1 is 1.07 bits per heavy atom. The lowest BCUT2D eigenvalue weighted by atomic mass is 10.2. The Labute approximate surface area is 177 Å². The molecule has 1 aliphatic heterocycles. The van der Waals surface area contributed by atoms with Gasteiger partial charge in [-0.2, -0.15) is 10.1 Å². The zero-order valence-corrected chi connectivity index (χ0v) is 17.7. The minimum atomic E-state index is 0.215. The van der Waals surface area contributed by atoms with Crippen molar-refractivity contribution in [2.45, 2.75) is 13.3 Å². The van der Waals surface area contributed by atoms with Gasteiger partial charge < -0.3 is 9.80 Å². The predicted molar refractivity (Wildman–Crippen MR) is 118 cm³/mol. The van der Waals surface area contributed by atoms with E-state index < -0.39 is 0 Å². The van der Waals surface area contributed by atoms with Crippen molar-refractivity contribution < 1.29 is 4.79 Å². The molecule has 1 fully saturated rings. The van der Waals surface area contributed by atoms with Crippen LogP contribution in [-0.2, 0) is 11.2 Å². The van der Waals surface area contributed by atoms with Gasteiger partial charge >= 0.3 is 0 Å². The second kappa shape index (κ2) is 7.61. The first-order chi connectivity index (χ1) is 14.2. The van der Waals surface area contributed by atoms with Crippen molar-refractivity contribution >= 4 is 44.1 Å². The molecule has 0 radical (unpaired) electrons. The number of rotatable bonds is 4. The maximum Gasteiger partial charge on any atom is 0.227 e. The highest BCUT2D eigenvalue weighted by atomic mass is 32.1. The molecule has 0 spiro atoms. The number of aromatic nitrogens is 3. The molecule has 4 heterocycles. The maximum absolute atomic E-state index is 12.5. The van der Waals surface area contributed by atoms with Gasteiger partial charge in [0.25, 0.3) is 0 Å². The van der Waals surface area contributed by atoms with Crippen LogP contribution in [0.4, 0.5) is 5.13 Å². The van der Waals surface area contributed by atoms with Crippen molar-refractivity contribution in [1.29, 1.82) is 0 Å². The molecule has 5 rings (SSSR count). The summed E-state index contributed by atoms with van der Waals surface area (Å²) in [6, 6.07) is 14.1. The highest BCUT2D eigenvalue weighted by Crippen LogP contribution is 2.33. The Kier molecular flexibility index (Phi) is 4.81. The van der Waals surface area contributed by atoms with E-state index in [1.807, 2.05) is 64.4 Å². The van der Waals surface area contributed by atoms with Crippen molar-refractivity contribution in [2.75, 3.05) is 31.1 Å². The van der Waals surface area contributed by atoms with E-state index in [1.165, 1.54) is 0 Å². The monoisotopic (exact) mass is 423 g/mol. The summed E-state index contributed by atoms with van der Waals surface area (Å²) in [6.45, 7) is 5.13. The van der Waals surface area contributed by atoms with Crippen LogP contribution in [0, 0.1) is 6.92 Å². The second-order valence-electron chi connectivity index (χ2n) is 7.11. The van der Waals surface area contributed by atoms with Crippen LogP contribution < -0.4 is 4.90 Å². The van der Waals surface area contributed by atoms with Gasteiger partial charge in [0.15, 0.2) is 10.8 Å². The van der Waals surface area contributed by atoms with Gasteiger partial charge in [-0.15, -0.1) is 11.3 Å². The van der Waals surface area contributed by atoms with Gasteiger partial charge in [-0.1, -0.05) is 35.6 Å². The van der Waals surface area contributed by atoms with Gasteiger partial charge in [0.2, 0.25) is 5.91 Å². The summed E-state index contributed by atoms with van der Waals surface area (Å²) in [5, 5.41) is 7.70. The number of carbonyl (C=O) groups is 1. The molecule has 0 unspecified atom stereocenters. The standard InChI is InChI=1S/C21H21N5OS2/c1-15-19-20(26(23-15)16-6-3-2-4-7-16)22-21(29-19)25-11-9-24(10-12-25)18(27)14-17-8-5-13-28-17/h2-8,13H,9-12,14H2,1H3. The first kappa shape index (κ1) is 18.3. The van der Waals surface area contributed by atoms with Crippen LogP contribution in [0.25, 0.3) is 16.0 Å². The van der Waals surface area contributed by atoms with Crippen LogP contribution in [0.2, 0.25) is 0 Å². The fraction of sp³-hybridized carbons (Fsp3) is 0.286. The first-order valence-corrected chi connectivity index (χ1v) is 11.4.